The number of amides is 1. The molecule has 1 aliphatic rings. The Balaban J connectivity index is 2.07. The fourth-order valence-electron chi connectivity index (χ4n) is 2.00. The van der Waals surface area contributed by atoms with Crippen LogP contribution in [0.3, 0.4) is 0 Å². The van der Waals surface area contributed by atoms with Crippen molar-refractivity contribution in [1.82, 2.24) is 4.90 Å². The SMILES string of the molecule is O=C(c1ccc(Br)cc1)C1CCN(C(=O)O)C1. The number of Topliss-reactive ketones (excluding diaryl/α,β-unsaturated/α-hetero) is 1. The summed E-state index contributed by atoms with van der Waals surface area (Å²) in [6.45, 7) is 0.756. The summed E-state index contributed by atoms with van der Waals surface area (Å²) in [5.41, 5.74) is 0.644. The van der Waals surface area contributed by atoms with Crippen molar-refractivity contribution in [3.63, 3.8) is 0 Å². The molecule has 1 unspecified atom stereocenters. The number of carboxylic acid groups (broad SMARTS) is 1. The van der Waals surface area contributed by atoms with E-state index in [1.54, 1.807) is 12.1 Å². The van der Waals surface area contributed by atoms with Crippen LogP contribution in [0.5, 0.6) is 0 Å². The summed E-state index contributed by atoms with van der Waals surface area (Å²) in [5.74, 6) is -0.173. The van der Waals surface area contributed by atoms with Crippen molar-refractivity contribution < 1.29 is 14.7 Å². The molecule has 4 nitrogen and oxygen atoms in total. The Bertz CT molecular complexity index is 444. The molecular weight excluding hydrogens is 286 g/mol. The highest BCUT2D eigenvalue weighted by molar-refractivity contribution is 9.10. The molecule has 0 aromatic heterocycles. The Morgan fingerprint density at radius 3 is 2.47 bits per heavy atom. The predicted octanol–water partition coefficient (Wildman–Crippen LogP) is 2.63. The minimum Gasteiger partial charge on any atom is -0.465 e. The van der Waals surface area contributed by atoms with E-state index in [2.05, 4.69) is 15.9 Å². The molecule has 1 heterocycles. The van der Waals surface area contributed by atoms with Gasteiger partial charge in [-0.05, 0) is 18.6 Å². The van der Waals surface area contributed by atoms with Crippen LogP contribution in [0.4, 0.5) is 4.79 Å². The Morgan fingerprint density at radius 1 is 1.29 bits per heavy atom. The lowest BCUT2D eigenvalue weighted by atomic mass is 9.97. The summed E-state index contributed by atoms with van der Waals surface area (Å²) < 4.78 is 0.924. The Morgan fingerprint density at radius 2 is 1.94 bits per heavy atom. The van der Waals surface area contributed by atoms with Gasteiger partial charge < -0.3 is 10.0 Å². The minimum absolute atomic E-state index is 0.0289. The van der Waals surface area contributed by atoms with Gasteiger partial charge >= 0.3 is 6.09 Å². The first-order valence-electron chi connectivity index (χ1n) is 5.35. The lowest BCUT2D eigenvalue weighted by molar-refractivity contribution is 0.0922. The summed E-state index contributed by atoms with van der Waals surface area (Å²) in [4.78, 5) is 24.1. The van der Waals surface area contributed by atoms with Crippen LogP contribution in [-0.4, -0.2) is 35.0 Å². The number of likely N-dealkylation sites (tertiary alicyclic amines) is 1. The van der Waals surface area contributed by atoms with Gasteiger partial charge in [0.2, 0.25) is 0 Å². The first-order chi connectivity index (χ1) is 8.08. The maximum Gasteiger partial charge on any atom is 0.407 e. The number of carbonyl (C=O) groups is 2. The quantitative estimate of drug-likeness (QED) is 0.854. The molecule has 1 aromatic carbocycles. The Labute approximate surface area is 107 Å². The second kappa shape index (κ2) is 4.87. The third kappa shape index (κ3) is 2.66. The fourth-order valence-corrected chi connectivity index (χ4v) is 2.26. The highest BCUT2D eigenvalue weighted by atomic mass is 79.9. The smallest absolute Gasteiger partial charge is 0.407 e. The highest BCUT2D eigenvalue weighted by Gasteiger charge is 2.31. The molecule has 90 valence electrons. The molecule has 1 saturated heterocycles. The molecule has 1 aliphatic heterocycles. The average Bonchev–Trinajstić information content (AvgIpc) is 2.78. The van der Waals surface area contributed by atoms with Crippen molar-refractivity contribution in [2.45, 2.75) is 6.42 Å². The standard InChI is InChI=1S/C12H12BrNO3/c13-10-3-1-8(2-4-10)11(15)9-5-6-14(7-9)12(16)17/h1-4,9H,5-7H2,(H,16,17). The monoisotopic (exact) mass is 297 g/mol. The topological polar surface area (TPSA) is 57.6 Å². The Kier molecular flexibility index (Phi) is 3.47. The van der Waals surface area contributed by atoms with E-state index in [4.69, 9.17) is 5.11 Å². The van der Waals surface area contributed by atoms with Gasteiger partial charge in [-0.1, -0.05) is 28.1 Å². The van der Waals surface area contributed by atoms with E-state index in [-0.39, 0.29) is 11.7 Å². The summed E-state index contributed by atoms with van der Waals surface area (Å²) in [6.07, 6.45) is -0.336. The Hall–Kier alpha value is -1.36. The van der Waals surface area contributed by atoms with Crippen LogP contribution in [0.15, 0.2) is 28.7 Å². The molecule has 2 rings (SSSR count). The maximum atomic E-state index is 12.1. The van der Waals surface area contributed by atoms with Crippen LogP contribution in [0, 0.1) is 5.92 Å². The molecule has 1 atom stereocenters. The van der Waals surface area contributed by atoms with Crippen LogP contribution in [0.25, 0.3) is 0 Å². The normalized spacial score (nSPS) is 19.4. The lowest BCUT2D eigenvalue weighted by Gasteiger charge is -2.11. The van der Waals surface area contributed by atoms with Gasteiger partial charge in [0, 0.05) is 29.0 Å². The van der Waals surface area contributed by atoms with Gasteiger partial charge in [-0.3, -0.25) is 4.79 Å². The van der Waals surface area contributed by atoms with Crippen LogP contribution in [-0.2, 0) is 0 Å². The minimum atomic E-state index is -0.948. The lowest BCUT2D eigenvalue weighted by Crippen LogP contribution is -2.28. The van der Waals surface area contributed by atoms with Gasteiger partial charge in [0.15, 0.2) is 5.78 Å². The fraction of sp³-hybridized carbons (Fsp3) is 0.333. The van der Waals surface area contributed by atoms with Crippen LogP contribution in [0.1, 0.15) is 16.8 Å². The highest BCUT2D eigenvalue weighted by Crippen LogP contribution is 2.22. The van der Waals surface area contributed by atoms with E-state index in [0.717, 1.165) is 4.47 Å². The number of hydrogen-bond acceptors (Lipinski definition) is 2. The van der Waals surface area contributed by atoms with E-state index >= 15 is 0 Å². The van der Waals surface area contributed by atoms with Crippen molar-refractivity contribution in [3.8, 4) is 0 Å². The molecule has 0 bridgehead atoms. The van der Waals surface area contributed by atoms with E-state index in [9.17, 15) is 9.59 Å². The van der Waals surface area contributed by atoms with Gasteiger partial charge in [0.1, 0.15) is 0 Å². The van der Waals surface area contributed by atoms with Crippen molar-refractivity contribution in [3.05, 3.63) is 34.3 Å². The number of benzene rings is 1. The molecule has 1 N–H and O–H groups in total. The van der Waals surface area contributed by atoms with Crippen LogP contribution >= 0.6 is 15.9 Å². The molecule has 1 amide bonds. The molecule has 0 saturated carbocycles. The summed E-state index contributed by atoms with van der Waals surface area (Å²) in [5, 5.41) is 8.83. The zero-order valence-electron chi connectivity index (χ0n) is 9.10. The molecule has 0 spiro atoms. The number of halogens is 1. The van der Waals surface area contributed by atoms with E-state index < -0.39 is 6.09 Å². The van der Waals surface area contributed by atoms with Crippen LogP contribution < -0.4 is 0 Å². The zero-order chi connectivity index (χ0) is 12.4. The van der Waals surface area contributed by atoms with Crippen molar-refractivity contribution >= 4 is 27.8 Å². The van der Waals surface area contributed by atoms with Crippen LogP contribution in [0.2, 0.25) is 0 Å². The largest absolute Gasteiger partial charge is 0.465 e. The predicted molar refractivity (Wildman–Crippen MR) is 66.2 cm³/mol. The molecule has 1 aromatic rings. The van der Waals surface area contributed by atoms with Gasteiger partial charge in [-0.25, -0.2) is 4.79 Å². The van der Waals surface area contributed by atoms with Crippen molar-refractivity contribution in [1.29, 1.82) is 0 Å². The van der Waals surface area contributed by atoms with Crippen molar-refractivity contribution in [2.75, 3.05) is 13.1 Å². The first-order valence-corrected chi connectivity index (χ1v) is 6.15. The number of nitrogens with zero attached hydrogens (tertiary/aromatic N) is 1. The van der Waals surface area contributed by atoms with E-state index in [0.29, 0.717) is 25.1 Å². The van der Waals surface area contributed by atoms with E-state index in [1.807, 2.05) is 12.1 Å². The molecule has 1 fully saturated rings. The molecule has 0 aliphatic carbocycles. The second-order valence-electron chi connectivity index (χ2n) is 4.09. The van der Waals surface area contributed by atoms with Gasteiger partial charge in [-0.15, -0.1) is 0 Å². The molecule has 0 radical (unpaired) electrons. The summed E-state index contributed by atoms with van der Waals surface area (Å²) in [6, 6.07) is 7.15. The second-order valence-corrected chi connectivity index (χ2v) is 5.00. The maximum absolute atomic E-state index is 12.1. The third-order valence-corrected chi connectivity index (χ3v) is 3.49. The van der Waals surface area contributed by atoms with Gasteiger partial charge in [-0.2, -0.15) is 0 Å². The number of hydrogen-bond donors (Lipinski definition) is 1. The summed E-state index contributed by atoms with van der Waals surface area (Å²) in [7, 11) is 0. The first kappa shape index (κ1) is 12.1. The van der Waals surface area contributed by atoms with E-state index in [1.165, 1.54) is 4.90 Å². The number of carbonyl (C=O) groups excluding carboxylic acids is 1. The number of rotatable bonds is 2. The van der Waals surface area contributed by atoms with Crippen molar-refractivity contribution in [2.24, 2.45) is 5.92 Å². The molecule has 5 heteroatoms. The summed E-state index contributed by atoms with van der Waals surface area (Å²) >= 11 is 3.31. The number of ketones is 1. The van der Waals surface area contributed by atoms with Gasteiger partial charge in [0.25, 0.3) is 0 Å². The zero-order valence-corrected chi connectivity index (χ0v) is 10.7. The molecular formula is C12H12BrNO3. The third-order valence-electron chi connectivity index (χ3n) is 2.96. The average molecular weight is 298 g/mol. The molecule has 17 heavy (non-hydrogen) atoms. The van der Waals surface area contributed by atoms with Gasteiger partial charge in [0.05, 0.1) is 0 Å².